The number of rotatable bonds is 20. The molecule has 2 aromatic carbocycles. The first-order valence-electron chi connectivity index (χ1n) is 20.3. The predicted molar refractivity (Wildman–Crippen MR) is 251 cm³/mol. The number of sulfonamides is 2. The molecule has 18 nitrogen and oxygen atoms in total. The Kier molecular flexibility index (Phi) is 22.2. The summed E-state index contributed by atoms with van der Waals surface area (Å²) in [6.07, 6.45) is 1.72. The second-order valence-corrected chi connectivity index (χ2v) is 20.0. The number of carbonyl (C=O) groups is 2. The quantitative estimate of drug-likeness (QED) is 0.0669. The van der Waals surface area contributed by atoms with Gasteiger partial charge >= 0.3 is 11.9 Å². The second kappa shape index (κ2) is 25.5. The zero-order valence-corrected chi connectivity index (χ0v) is 42.2. The molecule has 0 aliphatic rings. The maximum atomic E-state index is 13.5. The predicted octanol–water partition coefficient (Wildman–Crippen LogP) is 4.42. The fourth-order valence-electron chi connectivity index (χ4n) is 6.09. The van der Waals surface area contributed by atoms with Gasteiger partial charge in [-0.15, -0.1) is 0 Å². The summed E-state index contributed by atoms with van der Waals surface area (Å²) in [6, 6.07) is 11.0. The number of halogens is 2. The summed E-state index contributed by atoms with van der Waals surface area (Å²) in [5, 5.41) is 57.6. The van der Waals surface area contributed by atoms with Crippen LogP contribution in [-0.2, 0) is 29.6 Å². The van der Waals surface area contributed by atoms with Crippen LogP contribution in [0, 0.1) is 11.6 Å². The minimum absolute atomic E-state index is 0. The van der Waals surface area contributed by atoms with Crippen molar-refractivity contribution < 1.29 is 65.8 Å². The molecule has 0 aliphatic carbocycles. The van der Waals surface area contributed by atoms with Crippen LogP contribution < -0.4 is 8.61 Å². The fourth-order valence-corrected chi connectivity index (χ4v) is 6.85. The molecule has 361 valence electrons. The molecular formula is C44H56F2N6NaO12S2. The van der Waals surface area contributed by atoms with Gasteiger partial charge in [0.05, 0.1) is 72.5 Å². The summed E-state index contributed by atoms with van der Waals surface area (Å²) in [5.41, 5.74) is 3.60. The third-order valence-corrected chi connectivity index (χ3v) is 11.9. The number of benzene rings is 2. The van der Waals surface area contributed by atoms with Crippen molar-refractivity contribution in [2.75, 3.05) is 35.2 Å². The molecule has 4 aromatic rings. The van der Waals surface area contributed by atoms with Crippen LogP contribution in [0.4, 0.5) is 20.7 Å². The Bertz CT molecular complexity index is 2430. The van der Waals surface area contributed by atoms with E-state index in [1.165, 1.54) is 86.9 Å². The first-order valence-corrected chi connectivity index (χ1v) is 24.0. The molecule has 0 amide bonds. The Hall–Kier alpha value is -4.78. The number of aliphatic hydroxyl groups is 4. The van der Waals surface area contributed by atoms with Crippen LogP contribution in [0.25, 0.3) is 34.7 Å². The molecule has 0 unspecified atom stereocenters. The normalized spacial score (nSPS) is 13.7. The molecule has 23 heteroatoms. The van der Waals surface area contributed by atoms with E-state index in [1.54, 1.807) is 0 Å². The number of aliphatic hydroxyl groups excluding tert-OH is 4. The smallest absolute Gasteiger partial charge is 0.305 e. The van der Waals surface area contributed by atoms with Gasteiger partial charge in [0.2, 0.25) is 31.9 Å². The van der Waals surface area contributed by atoms with Gasteiger partial charge in [-0.1, -0.05) is 52.0 Å². The summed E-state index contributed by atoms with van der Waals surface area (Å²) in [4.78, 5) is 39.1. The molecule has 0 saturated carbocycles. The topological polar surface area (TPSA) is 282 Å². The van der Waals surface area contributed by atoms with Gasteiger partial charge in [0.1, 0.15) is 11.6 Å². The van der Waals surface area contributed by atoms with Crippen molar-refractivity contribution >= 4 is 85.6 Å². The van der Waals surface area contributed by atoms with E-state index in [-0.39, 0.29) is 66.1 Å². The van der Waals surface area contributed by atoms with Crippen molar-refractivity contribution in [3.63, 3.8) is 0 Å². The van der Waals surface area contributed by atoms with Gasteiger partial charge in [-0.2, -0.15) is 0 Å². The van der Waals surface area contributed by atoms with Gasteiger partial charge in [0, 0.05) is 78.7 Å². The summed E-state index contributed by atoms with van der Waals surface area (Å²) in [7, 11) is -4.65. The van der Waals surface area contributed by atoms with E-state index in [1.807, 2.05) is 27.7 Å². The van der Waals surface area contributed by atoms with Crippen molar-refractivity contribution in [1.82, 2.24) is 19.9 Å². The van der Waals surface area contributed by atoms with Crippen LogP contribution in [0.15, 0.2) is 60.7 Å². The van der Waals surface area contributed by atoms with Crippen molar-refractivity contribution in [3.8, 4) is 22.5 Å². The van der Waals surface area contributed by atoms with E-state index in [0.717, 1.165) is 21.1 Å². The number of hydrogen-bond acceptors (Lipinski definition) is 14. The van der Waals surface area contributed by atoms with Crippen molar-refractivity contribution in [1.29, 1.82) is 0 Å². The Labute approximate surface area is 411 Å². The second-order valence-electron chi connectivity index (χ2n) is 16.0. The molecule has 0 bridgehead atoms. The zero-order valence-electron chi connectivity index (χ0n) is 38.6. The number of nitrogens with zero attached hydrogens (tertiary/aromatic N) is 6. The largest absolute Gasteiger partial charge is 0.481 e. The Morgan fingerprint density at radius 3 is 1.15 bits per heavy atom. The summed E-state index contributed by atoms with van der Waals surface area (Å²) in [6.45, 7) is 7.41. The summed E-state index contributed by atoms with van der Waals surface area (Å²) in [5.74, 6) is -3.74. The Morgan fingerprint density at radius 2 is 0.896 bits per heavy atom. The van der Waals surface area contributed by atoms with E-state index in [0.29, 0.717) is 45.0 Å². The van der Waals surface area contributed by atoms with Crippen molar-refractivity contribution in [3.05, 3.63) is 94.8 Å². The number of carboxylic acids is 2. The first kappa shape index (κ1) is 58.3. The van der Waals surface area contributed by atoms with E-state index >= 15 is 0 Å². The van der Waals surface area contributed by atoms with Crippen LogP contribution in [0.1, 0.15) is 87.7 Å². The van der Waals surface area contributed by atoms with Gasteiger partial charge < -0.3 is 30.6 Å². The number of carboxylic acid groups (broad SMARTS) is 2. The SMILES string of the molecule is CC(C)c1nc(N(C)S(C)(=O)=O)nc(-c2ccc(F)cc2)c1C=C[C@@H](O)C[C@@H](O)CC(=O)O.CC(C)c1nc(N(C)S(C)(=O)=O)nc(-c2ccc(F)cc2)c1C=C[C@@H](O)C[C@@H](O)CC(=O)O.[Na]. The standard InChI is InChI=1S/2C22H28FN3O6S.Na/c2*1-13(2)20-18(10-9-16(27)11-17(28)12-19(29)30)21(14-5-7-15(23)8-6-14)25-22(24-20)26(3)33(4,31)32;/h2*5-10,13,16-17,27-28H,11-12H2,1-4H3,(H,29,30);/t2*16-,17-;/m11./s1. The van der Waals surface area contributed by atoms with Crippen molar-refractivity contribution in [2.45, 2.75) is 89.6 Å². The molecule has 2 aromatic heterocycles. The molecular weight excluding hydrogens is 930 g/mol. The van der Waals surface area contributed by atoms with E-state index in [2.05, 4.69) is 19.9 Å². The third-order valence-electron chi connectivity index (χ3n) is 9.63. The van der Waals surface area contributed by atoms with Crippen LogP contribution >= 0.6 is 0 Å². The zero-order chi connectivity index (χ0) is 49.8. The molecule has 0 spiro atoms. The molecule has 1 radical (unpaired) electrons. The van der Waals surface area contributed by atoms with Gasteiger partial charge in [-0.05, 0) is 60.4 Å². The third kappa shape index (κ3) is 18.0. The number of aromatic nitrogens is 4. The Balaban J connectivity index is 0.000000453. The van der Waals surface area contributed by atoms with E-state index in [9.17, 15) is 55.6 Å². The average Bonchev–Trinajstić information content (AvgIpc) is 3.20. The summed E-state index contributed by atoms with van der Waals surface area (Å²) < 4.78 is 77.2. The molecule has 2 heterocycles. The monoisotopic (exact) mass is 985 g/mol. The molecule has 6 N–H and O–H groups in total. The number of aliphatic carboxylic acids is 2. The molecule has 67 heavy (non-hydrogen) atoms. The van der Waals surface area contributed by atoms with E-state index in [4.69, 9.17) is 10.2 Å². The number of hydrogen-bond donors (Lipinski definition) is 6. The van der Waals surface area contributed by atoms with Gasteiger partial charge in [-0.25, -0.2) is 54.2 Å². The molecule has 4 rings (SSSR count). The van der Waals surface area contributed by atoms with Crippen LogP contribution in [0.3, 0.4) is 0 Å². The van der Waals surface area contributed by atoms with Crippen molar-refractivity contribution in [2.24, 2.45) is 0 Å². The Morgan fingerprint density at radius 1 is 0.597 bits per heavy atom. The maximum absolute atomic E-state index is 13.5. The fraction of sp³-hybridized carbons (Fsp3) is 0.409. The molecule has 4 atom stereocenters. The summed E-state index contributed by atoms with van der Waals surface area (Å²) >= 11 is 0. The number of anilines is 2. The molecule has 0 saturated heterocycles. The average molecular weight is 986 g/mol. The minimum Gasteiger partial charge on any atom is -0.481 e. The van der Waals surface area contributed by atoms with Gasteiger partial charge in [-0.3, -0.25) is 9.59 Å². The molecule has 0 fully saturated rings. The van der Waals surface area contributed by atoms with Gasteiger partial charge in [0.15, 0.2) is 0 Å². The van der Waals surface area contributed by atoms with Gasteiger partial charge in [0.25, 0.3) is 0 Å². The van der Waals surface area contributed by atoms with Crippen LogP contribution in [-0.4, -0.2) is 160 Å². The molecule has 0 aliphatic heterocycles. The van der Waals surface area contributed by atoms with Crippen LogP contribution in [0.2, 0.25) is 0 Å². The van der Waals surface area contributed by atoms with E-state index < -0.39 is 80.9 Å². The minimum atomic E-state index is -3.65. The van der Waals surface area contributed by atoms with Crippen LogP contribution in [0.5, 0.6) is 0 Å². The maximum Gasteiger partial charge on any atom is 0.305 e. The first-order chi connectivity index (χ1) is 30.6.